The summed E-state index contributed by atoms with van der Waals surface area (Å²) in [5.41, 5.74) is 3.16. The van der Waals surface area contributed by atoms with E-state index in [0.29, 0.717) is 13.1 Å². The maximum Gasteiger partial charge on any atom is 0.253 e. The second kappa shape index (κ2) is 6.60. The third kappa shape index (κ3) is 3.49. The Morgan fingerprint density at radius 3 is 2.70 bits per heavy atom. The van der Waals surface area contributed by atoms with Crippen LogP contribution in [0.15, 0.2) is 18.2 Å². The topological polar surface area (TPSA) is 61.4 Å². The Morgan fingerprint density at radius 1 is 1.26 bits per heavy atom. The Labute approximate surface area is 137 Å². The zero-order valence-electron chi connectivity index (χ0n) is 13.9. The lowest BCUT2D eigenvalue weighted by atomic mass is 10.0. The van der Waals surface area contributed by atoms with Gasteiger partial charge in [-0.25, -0.2) is 0 Å². The number of hydrogen-bond acceptors (Lipinski definition) is 3. The lowest BCUT2D eigenvalue weighted by Crippen LogP contribution is -2.47. The number of hydrogen-bond donors (Lipinski definition) is 2. The van der Waals surface area contributed by atoms with Gasteiger partial charge >= 0.3 is 0 Å². The number of nitrogens with zero attached hydrogens (tertiary/aromatic N) is 1. The van der Waals surface area contributed by atoms with Gasteiger partial charge in [0.1, 0.15) is 0 Å². The Morgan fingerprint density at radius 2 is 2.00 bits per heavy atom. The number of fused-ring (bicyclic) bond motifs is 1. The Hall–Kier alpha value is -2.04. The summed E-state index contributed by atoms with van der Waals surface area (Å²) in [5.74, 6) is 0.212. The number of likely N-dealkylation sites (tertiary alicyclic amines) is 1. The van der Waals surface area contributed by atoms with Gasteiger partial charge in [-0.2, -0.15) is 0 Å². The van der Waals surface area contributed by atoms with Gasteiger partial charge < -0.3 is 15.5 Å². The number of benzene rings is 1. The lowest BCUT2D eigenvalue weighted by molar-refractivity contribution is -0.124. The first-order valence-corrected chi connectivity index (χ1v) is 8.51. The minimum Gasteiger partial charge on any atom is -0.384 e. The standard InChI is InChI=1S/C18H25N3O2/c1-12(2)17(22)20-15-6-9-21(10-7-15)18(23)14-3-4-16-13(11-14)5-8-19-16/h3-4,11-12,15,19H,5-10H2,1-2H3,(H,20,22). The molecule has 2 aliphatic heterocycles. The summed E-state index contributed by atoms with van der Waals surface area (Å²) in [6, 6.07) is 6.12. The molecule has 2 amide bonds. The maximum absolute atomic E-state index is 12.7. The lowest BCUT2D eigenvalue weighted by Gasteiger charge is -2.33. The van der Waals surface area contributed by atoms with Gasteiger partial charge in [0.05, 0.1) is 0 Å². The van der Waals surface area contributed by atoms with E-state index in [1.165, 1.54) is 5.56 Å². The van der Waals surface area contributed by atoms with Crippen LogP contribution in [0, 0.1) is 5.92 Å². The minimum absolute atomic E-state index is 0.00897. The van der Waals surface area contributed by atoms with Crippen LogP contribution in [0.5, 0.6) is 0 Å². The molecule has 5 nitrogen and oxygen atoms in total. The van der Waals surface area contributed by atoms with Crippen molar-refractivity contribution in [2.24, 2.45) is 5.92 Å². The van der Waals surface area contributed by atoms with E-state index >= 15 is 0 Å². The zero-order chi connectivity index (χ0) is 16.4. The fourth-order valence-corrected chi connectivity index (χ4v) is 3.22. The molecule has 0 bridgehead atoms. The van der Waals surface area contributed by atoms with E-state index in [2.05, 4.69) is 10.6 Å². The van der Waals surface area contributed by atoms with Crippen LogP contribution in [0.4, 0.5) is 5.69 Å². The molecule has 1 saturated heterocycles. The van der Waals surface area contributed by atoms with Gasteiger partial charge in [-0.15, -0.1) is 0 Å². The monoisotopic (exact) mass is 315 g/mol. The Kier molecular flexibility index (Phi) is 4.55. The molecule has 1 fully saturated rings. The van der Waals surface area contributed by atoms with Crippen LogP contribution in [0.25, 0.3) is 0 Å². The third-order valence-electron chi connectivity index (χ3n) is 4.71. The third-order valence-corrected chi connectivity index (χ3v) is 4.71. The Balaban J connectivity index is 1.57. The highest BCUT2D eigenvalue weighted by Gasteiger charge is 2.25. The fourth-order valence-electron chi connectivity index (χ4n) is 3.22. The first-order valence-electron chi connectivity index (χ1n) is 8.51. The predicted octanol–water partition coefficient (Wildman–Crippen LogP) is 2.03. The van der Waals surface area contributed by atoms with E-state index in [-0.39, 0.29) is 23.8 Å². The largest absolute Gasteiger partial charge is 0.384 e. The van der Waals surface area contributed by atoms with Crippen molar-refractivity contribution >= 4 is 17.5 Å². The van der Waals surface area contributed by atoms with Gasteiger partial charge in [0.15, 0.2) is 0 Å². The number of rotatable bonds is 3. The van der Waals surface area contributed by atoms with Gasteiger partial charge in [-0.05, 0) is 43.0 Å². The van der Waals surface area contributed by atoms with Crippen LogP contribution in [-0.4, -0.2) is 42.4 Å². The van der Waals surface area contributed by atoms with Crippen LogP contribution < -0.4 is 10.6 Å². The average molecular weight is 315 g/mol. The van der Waals surface area contributed by atoms with E-state index < -0.39 is 0 Å². The highest BCUT2D eigenvalue weighted by Crippen LogP contribution is 2.24. The van der Waals surface area contributed by atoms with Crippen molar-refractivity contribution in [3.05, 3.63) is 29.3 Å². The van der Waals surface area contributed by atoms with Crippen LogP contribution in [0.2, 0.25) is 0 Å². The van der Waals surface area contributed by atoms with Crippen molar-refractivity contribution in [3.8, 4) is 0 Å². The quantitative estimate of drug-likeness (QED) is 0.897. The first-order chi connectivity index (χ1) is 11.0. The van der Waals surface area contributed by atoms with Crippen molar-refractivity contribution in [1.29, 1.82) is 0 Å². The molecular weight excluding hydrogens is 290 g/mol. The summed E-state index contributed by atoms with van der Waals surface area (Å²) in [6.45, 7) is 6.16. The normalized spacial score (nSPS) is 17.8. The molecule has 0 saturated carbocycles. The number of piperidine rings is 1. The van der Waals surface area contributed by atoms with Crippen LogP contribution >= 0.6 is 0 Å². The number of anilines is 1. The molecule has 124 valence electrons. The minimum atomic E-state index is 0.00897. The van der Waals surface area contributed by atoms with Gasteiger partial charge in [0.25, 0.3) is 5.91 Å². The average Bonchev–Trinajstić information content (AvgIpc) is 3.02. The predicted molar refractivity (Wildman–Crippen MR) is 90.5 cm³/mol. The van der Waals surface area contributed by atoms with Crippen molar-refractivity contribution in [2.75, 3.05) is 25.0 Å². The molecule has 0 aliphatic carbocycles. The molecule has 0 radical (unpaired) electrons. The van der Waals surface area contributed by atoms with E-state index in [9.17, 15) is 9.59 Å². The molecule has 1 aromatic carbocycles. The van der Waals surface area contributed by atoms with Gasteiger partial charge in [-0.1, -0.05) is 13.8 Å². The SMILES string of the molecule is CC(C)C(=O)NC1CCN(C(=O)c2ccc3c(c2)CCN3)CC1. The smallest absolute Gasteiger partial charge is 0.253 e. The van der Waals surface area contributed by atoms with Crippen molar-refractivity contribution in [1.82, 2.24) is 10.2 Å². The number of carbonyl (C=O) groups is 2. The molecule has 3 rings (SSSR count). The van der Waals surface area contributed by atoms with E-state index in [0.717, 1.165) is 37.1 Å². The van der Waals surface area contributed by atoms with E-state index in [1.807, 2.05) is 36.9 Å². The summed E-state index contributed by atoms with van der Waals surface area (Å²) in [7, 11) is 0. The molecule has 2 N–H and O–H groups in total. The second-order valence-electron chi connectivity index (χ2n) is 6.78. The van der Waals surface area contributed by atoms with E-state index in [1.54, 1.807) is 0 Å². The zero-order valence-corrected chi connectivity index (χ0v) is 13.9. The molecule has 0 atom stereocenters. The molecular formula is C18H25N3O2. The van der Waals surface area contributed by atoms with Crippen LogP contribution in [0.1, 0.15) is 42.6 Å². The van der Waals surface area contributed by atoms with Crippen molar-refractivity contribution in [2.45, 2.75) is 39.2 Å². The molecule has 1 aromatic rings. The molecule has 2 aliphatic rings. The molecule has 23 heavy (non-hydrogen) atoms. The molecule has 5 heteroatoms. The van der Waals surface area contributed by atoms with E-state index in [4.69, 9.17) is 0 Å². The second-order valence-corrected chi connectivity index (χ2v) is 6.78. The number of amides is 2. The summed E-state index contributed by atoms with van der Waals surface area (Å²) >= 11 is 0. The summed E-state index contributed by atoms with van der Waals surface area (Å²) in [5, 5.41) is 6.38. The molecule has 0 aromatic heterocycles. The maximum atomic E-state index is 12.7. The first kappa shape index (κ1) is 15.8. The summed E-state index contributed by atoms with van der Waals surface area (Å²) in [4.78, 5) is 26.3. The van der Waals surface area contributed by atoms with Crippen LogP contribution in [0.3, 0.4) is 0 Å². The number of carbonyl (C=O) groups excluding carboxylic acids is 2. The van der Waals surface area contributed by atoms with Gasteiger partial charge in [-0.3, -0.25) is 9.59 Å². The molecule has 0 spiro atoms. The highest BCUT2D eigenvalue weighted by atomic mass is 16.2. The van der Waals surface area contributed by atoms with Crippen LogP contribution in [-0.2, 0) is 11.2 Å². The fraction of sp³-hybridized carbons (Fsp3) is 0.556. The van der Waals surface area contributed by atoms with Crippen molar-refractivity contribution in [3.63, 3.8) is 0 Å². The van der Waals surface area contributed by atoms with Crippen molar-refractivity contribution < 1.29 is 9.59 Å². The molecule has 0 unspecified atom stereocenters. The Bertz CT molecular complexity index is 604. The summed E-state index contributed by atoms with van der Waals surface area (Å²) in [6.07, 6.45) is 2.65. The van der Waals surface area contributed by atoms with Gasteiger partial charge in [0.2, 0.25) is 5.91 Å². The highest BCUT2D eigenvalue weighted by molar-refractivity contribution is 5.95. The summed E-state index contributed by atoms with van der Waals surface area (Å²) < 4.78 is 0. The number of nitrogens with one attached hydrogen (secondary N) is 2. The van der Waals surface area contributed by atoms with Gasteiger partial charge in [0, 0.05) is 42.8 Å². The molecule has 2 heterocycles.